The number of hydrogen-bond donors (Lipinski definition) is 1. The van der Waals surface area contributed by atoms with Gasteiger partial charge >= 0.3 is 0 Å². The maximum Gasteiger partial charge on any atom is 0.198 e. The van der Waals surface area contributed by atoms with Gasteiger partial charge in [0.05, 0.1) is 6.04 Å². The molecule has 0 amide bonds. The summed E-state index contributed by atoms with van der Waals surface area (Å²) in [5, 5.41) is 0. The Bertz CT molecular complexity index is 309. The van der Waals surface area contributed by atoms with Crippen molar-refractivity contribution in [1.82, 2.24) is 4.98 Å². The van der Waals surface area contributed by atoms with Crippen LogP contribution in [0.1, 0.15) is 16.1 Å². The largest absolute Gasteiger partial charge is 0.321 e. The van der Waals surface area contributed by atoms with Crippen molar-refractivity contribution in [2.75, 3.05) is 0 Å². The van der Waals surface area contributed by atoms with Crippen LogP contribution in [0.25, 0.3) is 0 Å². The van der Waals surface area contributed by atoms with Gasteiger partial charge in [0.25, 0.3) is 0 Å². The molecule has 11 heavy (non-hydrogen) atoms. The van der Waals surface area contributed by atoms with Gasteiger partial charge in [-0.3, -0.25) is 9.78 Å². The van der Waals surface area contributed by atoms with Gasteiger partial charge in [0.2, 0.25) is 0 Å². The predicted molar refractivity (Wildman–Crippen MR) is 40.2 cm³/mol. The number of hydrogen-bond acceptors (Lipinski definition) is 3. The first-order chi connectivity index (χ1) is 5.29. The summed E-state index contributed by atoms with van der Waals surface area (Å²) in [7, 11) is 0. The zero-order valence-corrected chi connectivity index (χ0v) is 5.95. The topological polar surface area (TPSA) is 56.0 Å². The standard InChI is InChI=1S/C8H8N2O/c9-6-4-5-2-1-3-10-7(5)8(6)11/h1-3,6H,4,9H2. The van der Waals surface area contributed by atoms with Crippen LogP contribution < -0.4 is 5.73 Å². The highest BCUT2D eigenvalue weighted by atomic mass is 16.1. The Morgan fingerprint density at radius 3 is 3.18 bits per heavy atom. The molecule has 1 aromatic rings. The molecule has 0 spiro atoms. The Balaban J connectivity index is 2.55. The van der Waals surface area contributed by atoms with Gasteiger partial charge in [-0.05, 0) is 18.1 Å². The first-order valence-corrected chi connectivity index (χ1v) is 3.53. The van der Waals surface area contributed by atoms with Crippen molar-refractivity contribution >= 4 is 5.78 Å². The van der Waals surface area contributed by atoms with Crippen LogP contribution in [0.15, 0.2) is 18.3 Å². The van der Waals surface area contributed by atoms with Gasteiger partial charge in [0, 0.05) is 6.20 Å². The van der Waals surface area contributed by atoms with E-state index in [1.165, 1.54) is 0 Å². The minimum atomic E-state index is -0.361. The minimum absolute atomic E-state index is 0.0272. The van der Waals surface area contributed by atoms with Crippen molar-refractivity contribution in [3.63, 3.8) is 0 Å². The summed E-state index contributed by atoms with van der Waals surface area (Å²) in [5.41, 5.74) is 7.07. The van der Waals surface area contributed by atoms with E-state index in [1.54, 1.807) is 6.20 Å². The van der Waals surface area contributed by atoms with Crippen LogP contribution >= 0.6 is 0 Å². The average molecular weight is 148 g/mol. The average Bonchev–Trinajstić information content (AvgIpc) is 2.30. The molecule has 1 aliphatic carbocycles. The molecule has 0 fully saturated rings. The summed E-state index contributed by atoms with van der Waals surface area (Å²) in [5.74, 6) is -0.0272. The Morgan fingerprint density at radius 1 is 1.64 bits per heavy atom. The van der Waals surface area contributed by atoms with Crippen molar-refractivity contribution in [3.8, 4) is 0 Å². The van der Waals surface area contributed by atoms with Gasteiger partial charge in [0.15, 0.2) is 5.78 Å². The van der Waals surface area contributed by atoms with Crippen molar-refractivity contribution in [2.24, 2.45) is 5.73 Å². The number of nitrogens with zero attached hydrogens (tertiary/aromatic N) is 1. The Labute approximate surface area is 64.2 Å². The van der Waals surface area contributed by atoms with Gasteiger partial charge < -0.3 is 5.73 Å². The Hall–Kier alpha value is -1.22. The second-order valence-electron chi connectivity index (χ2n) is 2.69. The van der Waals surface area contributed by atoms with E-state index in [9.17, 15) is 4.79 Å². The first kappa shape index (κ1) is 6.49. The Kier molecular flexibility index (Phi) is 1.26. The van der Waals surface area contributed by atoms with E-state index in [0.717, 1.165) is 5.56 Å². The third-order valence-corrected chi connectivity index (χ3v) is 1.90. The number of ketones is 1. The number of nitrogens with two attached hydrogens (primary N) is 1. The molecule has 3 nitrogen and oxygen atoms in total. The van der Waals surface area contributed by atoms with Gasteiger partial charge in [-0.2, -0.15) is 0 Å². The summed E-state index contributed by atoms with van der Waals surface area (Å²) >= 11 is 0. The molecular formula is C8H8N2O. The molecule has 3 heteroatoms. The first-order valence-electron chi connectivity index (χ1n) is 3.53. The van der Waals surface area contributed by atoms with Crippen LogP contribution in [0.3, 0.4) is 0 Å². The van der Waals surface area contributed by atoms with Crippen LogP contribution in [0.5, 0.6) is 0 Å². The van der Waals surface area contributed by atoms with Crippen LogP contribution in [0.4, 0.5) is 0 Å². The lowest BCUT2D eigenvalue weighted by molar-refractivity contribution is 0.0970. The summed E-state index contributed by atoms with van der Waals surface area (Å²) < 4.78 is 0. The van der Waals surface area contributed by atoms with Gasteiger partial charge in [-0.15, -0.1) is 0 Å². The highest BCUT2D eigenvalue weighted by molar-refractivity contribution is 6.02. The molecule has 0 aliphatic heterocycles. The number of pyridine rings is 1. The monoisotopic (exact) mass is 148 g/mol. The second-order valence-corrected chi connectivity index (χ2v) is 2.69. The maximum absolute atomic E-state index is 11.2. The zero-order valence-electron chi connectivity index (χ0n) is 5.95. The number of carbonyl (C=O) groups is 1. The molecule has 0 aromatic carbocycles. The molecule has 0 radical (unpaired) electrons. The van der Waals surface area contributed by atoms with E-state index in [2.05, 4.69) is 4.98 Å². The lowest BCUT2D eigenvalue weighted by Crippen LogP contribution is -2.26. The molecule has 56 valence electrons. The fourth-order valence-corrected chi connectivity index (χ4v) is 1.33. The lowest BCUT2D eigenvalue weighted by Gasteiger charge is -1.93. The van der Waals surface area contributed by atoms with E-state index in [1.807, 2.05) is 12.1 Å². The quantitative estimate of drug-likeness (QED) is 0.569. The fourth-order valence-electron chi connectivity index (χ4n) is 1.33. The number of aromatic nitrogens is 1. The van der Waals surface area contributed by atoms with Crippen LogP contribution in [-0.4, -0.2) is 16.8 Å². The summed E-state index contributed by atoms with van der Waals surface area (Å²) in [6.45, 7) is 0. The zero-order chi connectivity index (χ0) is 7.84. The molecule has 2 N–H and O–H groups in total. The van der Waals surface area contributed by atoms with Crippen LogP contribution in [0, 0.1) is 0 Å². The molecular weight excluding hydrogens is 140 g/mol. The molecule has 1 aromatic heterocycles. The van der Waals surface area contributed by atoms with Crippen LogP contribution in [0.2, 0.25) is 0 Å². The van der Waals surface area contributed by atoms with Gasteiger partial charge in [-0.25, -0.2) is 0 Å². The number of fused-ring (bicyclic) bond motifs is 1. The van der Waals surface area contributed by atoms with Crippen molar-refractivity contribution in [1.29, 1.82) is 0 Å². The Morgan fingerprint density at radius 2 is 2.45 bits per heavy atom. The van der Waals surface area contributed by atoms with E-state index in [4.69, 9.17) is 5.73 Å². The highest BCUT2D eigenvalue weighted by Gasteiger charge is 2.27. The van der Waals surface area contributed by atoms with Gasteiger partial charge in [0.1, 0.15) is 5.69 Å². The minimum Gasteiger partial charge on any atom is -0.321 e. The van der Waals surface area contributed by atoms with E-state index < -0.39 is 0 Å². The molecule has 1 heterocycles. The third kappa shape index (κ3) is 0.851. The molecule has 2 rings (SSSR count). The maximum atomic E-state index is 11.2. The molecule has 1 atom stereocenters. The SMILES string of the molecule is NC1Cc2cccnc2C1=O. The summed E-state index contributed by atoms with van der Waals surface area (Å²) in [6.07, 6.45) is 2.26. The summed E-state index contributed by atoms with van der Waals surface area (Å²) in [4.78, 5) is 15.2. The number of Topliss-reactive ketones (excluding diaryl/α,β-unsaturated/α-hetero) is 1. The van der Waals surface area contributed by atoms with E-state index in [0.29, 0.717) is 12.1 Å². The fraction of sp³-hybridized carbons (Fsp3) is 0.250. The lowest BCUT2D eigenvalue weighted by atomic mass is 10.2. The molecule has 0 saturated carbocycles. The van der Waals surface area contributed by atoms with Gasteiger partial charge in [-0.1, -0.05) is 6.07 Å². The van der Waals surface area contributed by atoms with E-state index >= 15 is 0 Å². The second kappa shape index (κ2) is 2.13. The molecule has 0 bridgehead atoms. The summed E-state index contributed by atoms with van der Waals surface area (Å²) in [6, 6.07) is 3.36. The smallest absolute Gasteiger partial charge is 0.198 e. The van der Waals surface area contributed by atoms with E-state index in [-0.39, 0.29) is 11.8 Å². The van der Waals surface area contributed by atoms with Crippen molar-refractivity contribution in [2.45, 2.75) is 12.5 Å². The van der Waals surface area contributed by atoms with Crippen LogP contribution in [-0.2, 0) is 6.42 Å². The number of rotatable bonds is 0. The highest BCUT2D eigenvalue weighted by Crippen LogP contribution is 2.17. The molecule has 1 unspecified atom stereocenters. The van der Waals surface area contributed by atoms with Crippen molar-refractivity contribution in [3.05, 3.63) is 29.6 Å². The predicted octanol–water partition coefficient (Wildman–Crippen LogP) is 0.148. The molecule has 0 saturated heterocycles. The normalized spacial score (nSPS) is 21.9. The molecule has 1 aliphatic rings. The van der Waals surface area contributed by atoms with Crippen molar-refractivity contribution < 1.29 is 4.79 Å². The number of carbonyl (C=O) groups excluding carboxylic acids is 1. The third-order valence-electron chi connectivity index (χ3n) is 1.90.